The zero-order valence-electron chi connectivity index (χ0n) is 26.2. The van der Waals surface area contributed by atoms with Gasteiger partial charge in [0, 0.05) is 41.6 Å². The van der Waals surface area contributed by atoms with E-state index in [9.17, 15) is 9.50 Å². The van der Waals surface area contributed by atoms with Crippen LogP contribution < -0.4 is 14.4 Å². The minimum Gasteiger partial charge on any atom is -0.480 e. The number of nitrogens with one attached hydrogen (secondary N) is 1. The van der Waals surface area contributed by atoms with Crippen molar-refractivity contribution in [2.75, 3.05) is 58.5 Å². The summed E-state index contributed by atoms with van der Waals surface area (Å²) in [4.78, 5) is 17.4. The summed E-state index contributed by atoms with van der Waals surface area (Å²) >= 11 is 6.43. The lowest BCUT2D eigenvalue weighted by Crippen LogP contribution is -2.33. The summed E-state index contributed by atoms with van der Waals surface area (Å²) in [7, 11) is 2.84. The summed E-state index contributed by atoms with van der Waals surface area (Å²) in [5, 5.41) is 18.5. The van der Waals surface area contributed by atoms with Crippen LogP contribution in [0.25, 0.3) is 33.1 Å². The van der Waals surface area contributed by atoms with Gasteiger partial charge in [-0.25, -0.2) is 13.8 Å². The van der Waals surface area contributed by atoms with Crippen LogP contribution in [0, 0.1) is 12.7 Å². The van der Waals surface area contributed by atoms with Crippen LogP contribution in [0.5, 0.6) is 11.9 Å². The molecule has 2 N–H and O–H groups in total. The molecule has 6 heterocycles. The van der Waals surface area contributed by atoms with Gasteiger partial charge in [0.25, 0.3) is 0 Å². The third-order valence-corrected chi connectivity index (χ3v) is 8.67. The molecule has 14 heteroatoms. The lowest BCUT2D eigenvalue weighted by atomic mass is 9.99. The number of aliphatic hydroxyl groups excluding tert-OH is 1. The Hall–Kier alpha value is -3.39. The molecule has 45 heavy (non-hydrogen) atoms. The number of methoxy groups -OCH3 is 2. The third kappa shape index (κ3) is 6.62. The van der Waals surface area contributed by atoms with E-state index in [0.717, 1.165) is 13.0 Å². The highest BCUT2D eigenvalue weighted by molar-refractivity contribution is 6.33. The summed E-state index contributed by atoms with van der Waals surface area (Å²) in [5.41, 5.74) is 1.75. The number of ether oxygens (including phenoxy) is 3. The second kappa shape index (κ2) is 14.4. The molecule has 3 atom stereocenters. The Morgan fingerprint density at radius 1 is 1.13 bits per heavy atom. The van der Waals surface area contributed by atoms with Crippen molar-refractivity contribution in [1.29, 1.82) is 0 Å². The average molecular weight is 648 g/mol. The van der Waals surface area contributed by atoms with E-state index < -0.39 is 18.1 Å². The van der Waals surface area contributed by atoms with Gasteiger partial charge >= 0.3 is 6.01 Å². The van der Waals surface area contributed by atoms with Crippen LogP contribution in [0.2, 0.25) is 5.02 Å². The van der Waals surface area contributed by atoms with Gasteiger partial charge in [-0.15, -0.1) is 0 Å². The van der Waals surface area contributed by atoms with E-state index >= 15 is 4.39 Å². The fraction of sp³-hybridized carbons (Fsp3) is 0.548. The molecule has 3 aliphatic heterocycles. The highest BCUT2D eigenvalue weighted by Crippen LogP contribution is 2.42. The number of H-pyrrole nitrogens is 1. The SMILES string of the molecule is CC.COc1nc(N2CCOCC(O)C2)c2c(OC)nc(-c3c(C)c(Cl)cc4[nH]ncc34)c(F)c2n1.FC1CC2CCCN2C1. The molecule has 7 rings (SSSR count). The predicted octanol–water partition coefficient (Wildman–Crippen LogP) is 5.10. The summed E-state index contributed by atoms with van der Waals surface area (Å²) in [5.74, 6) is -0.227. The molecule has 4 aromatic rings. The van der Waals surface area contributed by atoms with Crippen LogP contribution in [0.15, 0.2) is 12.3 Å². The maximum absolute atomic E-state index is 16.2. The molecular weight excluding hydrogens is 608 g/mol. The molecule has 3 aliphatic rings. The van der Waals surface area contributed by atoms with Gasteiger partial charge < -0.3 is 24.2 Å². The fourth-order valence-electron chi connectivity index (χ4n) is 6.22. The standard InChI is InChI=1S/C22H22ClFN6O4.C7H12FN.C2H6/c1-10-13(23)6-14-12(7-25-29-14)15(10)18-17(24)19-16(21(26-18)32-2)20(28-22(27-19)33-3)30-4-5-34-9-11(31)8-30;8-6-4-7-2-1-3-9(7)5-6;1-2/h6-7,11,31H,4-5,8-9H2,1-3H3,(H,25,29);6-7H,1-5H2;1-2H3. The minimum atomic E-state index is -0.745. The number of nitrogens with zero attached hydrogens (tertiary/aromatic N) is 6. The first-order valence-corrected chi connectivity index (χ1v) is 15.7. The van der Waals surface area contributed by atoms with Gasteiger partial charge in [-0.05, 0) is 44.4 Å². The predicted molar refractivity (Wildman–Crippen MR) is 170 cm³/mol. The molecule has 0 bridgehead atoms. The minimum absolute atomic E-state index is 0.0155. The molecular formula is C31H40ClF2N7O4. The number of β-amino-alcohol motifs (C(OH)–C–C–N with tert-alkyl or cyclic N) is 1. The van der Waals surface area contributed by atoms with Crippen molar-refractivity contribution in [1.82, 2.24) is 30.0 Å². The first-order chi connectivity index (χ1) is 21.8. The highest BCUT2D eigenvalue weighted by Gasteiger charge is 2.35. The lowest BCUT2D eigenvalue weighted by molar-refractivity contribution is 0.0597. The number of pyridine rings is 1. The number of rotatable bonds is 4. The van der Waals surface area contributed by atoms with Gasteiger partial charge in [0.15, 0.2) is 5.82 Å². The second-order valence-electron chi connectivity index (χ2n) is 11.0. The van der Waals surface area contributed by atoms with E-state index in [1.54, 1.807) is 24.1 Å². The Bertz CT molecular complexity index is 1630. The first kappa shape index (κ1) is 33.0. The number of hydrogen-bond acceptors (Lipinski definition) is 10. The average Bonchev–Trinajstić information content (AvgIpc) is 3.73. The molecule has 244 valence electrons. The van der Waals surface area contributed by atoms with E-state index in [2.05, 4.69) is 30.0 Å². The Balaban J connectivity index is 0.000000307. The molecule has 3 fully saturated rings. The third-order valence-electron chi connectivity index (χ3n) is 8.27. The van der Waals surface area contributed by atoms with Crippen LogP contribution in [0.1, 0.15) is 38.7 Å². The van der Waals surface area contributed by atoms with Crippen LogP contribution in [0.4, 0.5) is 14.6 Å². The van der Waals surface area contributed by atoms with Crippen LogP contribution in [0.3, 0.4) is 0 Å². The van der Waals surface area contributed by atoms with Crippen molar-refractivity contribution in [3.05, 3.63) is 28.7 Å². The highest BCUT2D eigenvalue weighted by atomic mass is 35.5. The number of fused-ring (bicyclic) bond motifs is 3. The number of alkyl halides is 1. The summed E-state index contributed by atoms with van der Waals surface area (Å²) in [6, 6.07) is 2.31. The van der Waals surface area contributed by atoms with Crippen molar-refractivity contribution >= 4 is 39.2 Å². The number of aromatic amines is 1. The van der Waals surface area contributed by atoms with Crippen molar-refractivity contribution in [2.24, 2.45) is 0 Å². The number of hydrogen-bond donors (Lipinski definition) is 2. The van der Waals surface area contributed by atoms with Gasteiger partial charge in [-0.1, -0.05) is 25.4 Å². The zero-order valence-corrected chi connectivity index (χ0v) is 27.0. The topological polar surface area (TPSA) is 122 Å². The Morgan fingerprint density at radius 2 is 1.93 bits per heavy atom. The molecule has 0 spiro atoms. The maximum Gasteiger partial charge on any atom is 0.318 e. The molecule has 11 nitrogen and oxygen atoms in total. The number of aliphatic hydroxyl groups is 1. The summed E-state index contributed by atoms with van der Waals surface area (Å²) < 4.78 is 45.1. The molecule has 1 aromatic carbocycles. The normalized spacial score (nSPS) is 21.5. The van der Waals surface area contributed by atoms with E-state index in [4.69, 9.17) is 25.8 Å². The van der Waals surface area contributed by atoms with Crippen LogP contribution in [-0.2, 0) is 4.74 Å². The molecule has 3 aromatic heterocycles. The van der Waals surface area contributed by atoms with Gasteiger partial charge in [-0.2, -0.15) is 15.1 Å². The second-order valence-corrected chi connectivity index (χ2v) is 11.4. The largest absolute Gasteiger partial charge is 0.480 e. The van der Waals surface area contributed by atoms with Gasteiger partial charge in [0.05, 0.1) is 45.3 Å². The van der Waals surface area contributed by atoms with Crippen molar-refractivity contribution in [2.45, 2.75) is 58.4 Å². The maximum atomic E-state index is 16.2. The molecule has 3 saturated heterocycles. The Morgan fingerprint density at radius 3 is 2.67 bits per heavy atom. The fourth-order valence-corrected chi connectivity index (χ4v) is 6.42. The van der Waals surface area contributed by atoms with E-state index in [-0.39, 0.29) is 41.6 Å². The van der Waals surface area contributed by atoms with Gasteiger partial charge in [-0.3, -0.25) is 10.00 Å². The first-order valence-electron chi connectivity index (χ1n) is 15.3. The number of anilines is 1. The number of halogens is 3. The number of benzene rings is 1. The van der Waals surface area contributed by atoms with E-state index in [1.807, 2.05) is 13.8 Å². The van der Waals surface area contributed by atoms with Crippen LogP contribution in [-0.4, -0.2) is 107 Å². The summed E-state index contributed by atoms with van der Waals surface area (Å²) in [6.45, 7) is 8.84. The van der Waals surface area contributed by atoms with Gasteiger partial charge in [0.1, 0.15) is 28.6 Å². The van der Waals surface area contributed by atoms with Crippen molar-refractivity contribution < 1.29 is 28.1 Å². The Kier molecular flexibility index (Phi) is 10.5. The summed E-state index contributed by atoms with van der Waals surface area (Å²) in [6.07, 6.45) is 3.66. The zero-order chi connectivity index (χ0) is 32.2. The molecule has 0 aliphatic carbocycles. The molecule has 0 saturated carbocycles. The smallest absolute Gasteiger partial charge is 0.318 e. The van der Waals surface area contributed by atoms with E-state index in [1.165, 1.54) is 27.1 Å². The van der Waals surface area contributed by atoms with Gasteiger partial charge in [0.2, 0.25) is 5.88 Å². The van der Waals surface area contributed by atoms with E-state index in [0.29, 0.717) is 58.6 Å². The molecule has 0 radical (unpaired) electrons. The monoisotopic (exact) mass is 647 g/mol. The van der Waals surface area contributed by atoms with Crippen molar-refractivity contribution in [3.8, 4) is 23.1 Å². The number of aromatic nitrogens is 5. The molecule has 0 amide bonds. The Labute approximate surface area is 265 Å². The molecule has 3 unspecified atom stereocenters. The quantitative estimate of drug-likeness (QED) is 0.309. The van der Waals surface area contributed by atoms with Crippen molar-refractivity contribution in [3.63, 3.8) is 0 Å². The van der Waals surface area contributed by atoms with Crippen LogP contribution >= 0.6 is 11.6 Å². The lowest BCUT2D eigenvalue weighted by Gasteiger charge is -2.25.